The molecule has 0 aromatic carbocycles. The van der Waals surface area contributed by atoms with E-state index < -0.39 is 0 Å². The zero-order valence-corrected chi connectivity index (χ0v) is 13.4. The first-order chi connectivity index (χ1) is 10.8. The van der Waals surface area contributed by atoms with E-state index in [4.69, 9.17) is 4.74 Å². The molecule has 0 unspecified atom stereocenters. The fourth-order valence-electron chi connectivity index (χ4n) is 2.78. The summed E-state index contributed by atoms with van der Waals surface area (Å²) in [6.45, 7) is 6.49. The molecule has 0 spiro atoms. The minimum absolute atomic E-state index is 0.639. The smallest absolute Gasteiger partial charge is 0.183 e. The molecule has 0 bridgehead atoms. The van der Waals surface area contributed by atoms with Crippen molar-refractivity contribution >= 4 is 22.3 Å². The number of fused-ring (bicyclic) bond motifs is 1. The minimum atomic E-state index is 0.639. The summed E-state index contributed by atoms with van der Waals surface area (Å²) in [6.07, 6.45) is 0.941. The molecule has 0 amide bonds. The van der Waals surface area contributed by atoms with Crippen molar-refractivity contribution in [3.8, 4) is 0 Å². The van der Waals surface area contributed by atoms with Crippen molar-refractivity contribution in [2.45, 2.75) is 20.0 Å². The van der Waals surface area contributed by atoms with E-state index in [9.17, 15) is 0 Å². The standard InChI is InChI=1S/C15H19N5OS/c1-10-2-3-14(19-18-10)20-7-11(8-20)6-16-15-17-12-4-5-21-9-13(12)22-15/h2-3,11H,4-9H2,1H3,(H,16,17). The van der Waals surface area contributed by atoms with Crippen LogP contribution in [0.4, 0.5) is 10.9 Å². The molecule has 2 aliphatic heterocycles. The van der Waals surface area contributed by atoms with Gasteiger partial charge in [-0.15, -0.1) is 5.10 Å². The number of thiazole rings is 1. The van der Waals surface area contributed by atoms with Crippen molar-refractivity contribution in [3.63, 3.8) is 0 Å². The van der Waals surface area contributed by atoms with Crippen LogP contribution in [0.5, 0.6) is 0 Å². The maximum absolute atomic E-state index is 5.46. The Hall–Kier alpha value is -1.73. The number of rotatable bonds is 4. The highest BCUT2D eigenvalue weighted by molar-refractivity contribution is 7.15. The Balaban J connectivity index is 1.27. The van der Waals surface area contributed by atoms with Crippen LogP contribution in [-0.4, -0.2) is 41.4 Å². The number of hydrogen-bond donors (Lipinski definition) is 1. The number of hydrogen-bond acceptors (Lipinski definition) is 7. The van der Waals surface area contributed by atoms with Gasteiger partial charge < -0.3 is 15.0 Å². The summed E-state index contributed by atoms with van der Waals surface area (Å²) in [5.74, 6) is 1.61. The van der Waals surface area contributed by atoms with Gasteiger partial charge in [0.25, 0.3) is 0 Å². The maximum Gasteiger partial charge on any atom is 0.183 e. The Morgan fingerprint density at radius 1 is 1.36 bits per heavy atom. The summed E-state index contributed by atoms with van der Waals surface area (Å²) >= 11 is 1.73. The minimum Gasteiger partial charge on any atom is -0.375 e. The Morgan fingerprint density at radius 3 is 3.05 bits per heavy atom. The van der Waals surface area contributed by atoms with E-state index in [2.05, 4.69) is 25.4 Å². The van der Waals surface area contributed by atoms with Crippen LogP contribution in [0.15, 0.2) is 12.1 Å². The van der Waals surface area contributed by atoms with Gasteiger partial charge in [0.05, 0.1) is 29.5 Å². The van der Waals surface area contributed by atoms with Gasteiger partial charge >= 0.3 is 0 Å². The van der Waals surface area contributed by atoms with Crippen molar-refractivity contribution < 1.29 is 4.74 Å². The second-order valence-corrected chi connectivity index (χ2v) is 6.96. The highest BCUT2D eigenvalue weighted by Gasteiger charge is 2.28. The van der Waals surface area contributed by atoms with Crippen LogP contribution >= 0.6 is 11.3 Å². The lowest BCUT2D eigenvalue weighted by Crippen LogP contribution is -2.50. The van der Waals surface area contributed by atoms with Crippen LogP contribution in [-0.2, 0) is 17.8 Å². The first-order valence-electron chi connectivity index (χ1n) is 7.63. The van der Waals surface area contributed by atoms with Crippen LogP contribution in [0.1, 0.15) is 16.3 Å². The Bertz CT molecular complexity index is 627. The molecule has 22 heavy (non-hydrogen) atoms. The van der Waals surface area contributed by atoms with Crippen molar-refractivity contribution in [3.05, 3.63) is 28.4 Å². The Kier molecular flexibility index (Phi) is 3.67. The molecule has 1 N–H and O–H groups in total. The average molecular weight is 317 g/mol. The summed E-state index contributed by atoms with van der Waals surface area (Å²) in [6, 6.07) is 4.05. The number of aromatic nitrogens is 3. The summed E-state index contributed by atoms with van der Waals surface area (Å²) in [4.78, 5) is 8.20. The van der Waals surface area contributed by atoms with Crippen molar-refractivity contribution in [1.82, 2.24) is 15.2 Å². The third kappa shape index (κ3) is 2.78. The largest absolute Gasteiger partial charge is 0.375 e. The van der Waals surface area contributed by atoms with E-state index in [0.717, 1.165) is 55.9 Å². The summed E-state index contributed by atoms with van der Waals surface area (Å²) in [5, 5.41) is 12.8. The monoisotopic (exact) mass is 317 g/mol. The van der Waals surface area contributed by atoms with Gasteiger partial charge in [-0.2, -0.15) is 5.10 Å². The first-order valence-corrected chi connectivity index (χ1v) is 8.45. The summed E-state index contributed by atoms with van der Waals surface area (Å²) in [7, 11) is 0. The highest BCUT2D eigenvalue weighted by Crippen LogP contribution is 2.28. The van der Waals surface area contributed by atoms with Gasteiger partial charge in [0.15, 0.2) is 10.9 Å². The first kappa shape index (κ1) is 13.9. The number of ether oxygens (including phenoxy) is 1. The van der Waals surface area contributed by atoms with Gasteiger partial charge in [-0.05, 0) is 19.1 Å². The van der Waals surface area contributed by atoms with E-state index >= 15 is 0 Å². The third-order valence-corrected chi connectivity index (χ3v) is 5.13. The van der Waals surface area contributed by atoms with E-state index in [1.807, 2.05) is 19.1 Å². The van der Waals surface area contributed by atoms with Crippen molar-refractivity contribution in [1.29, 1.82) is 0 Å². The van der Waals surface area contributed by atoms with Gasteiger partial charge in [-0.25, -0.2) is 4.98 Å². The number of aryl methyl sites for hydroxylation is 1. The molecule has 0 atom stereocenters. The van der Waals surface area contributed by atoms with E-state index in [0.29, 0.717) is 5.92 Å². The molecule has 2 aromatic heterocycles. The molecule has 1 fully saturated rings. The van der Waals surface area contributed by atoms with Gasteiger partial charge in [0.1, 0.15) is 0 Å². The molecule has 0 radical (unpaired) electrons. The molecular formula is C15H19N5OS. The average Bonchev–Trinajstić information content (AvgIpc) is 2.90. The molecule has 0 aliphatic carbocycles. The third-order valence-electron chi connectivity index (χ3n) is 4.10. The Morgan fingerprint density at radius 2 is 2.27 bits per heavy atom. The summed E-state index contributed by atoms with van der Waals surface area (Å²) in [5.41, 5.74) is 2.17. The molecule has 2 aromatic rings. The molecule has 7 heteroatoms. The predicted molar refractivity (Wildman–Crippen MR) is 86.4 cm³/mol. The van der Waals surface area contributed by atoms with Gasteiger partial charge in [-0.3, -0.25) is 0 Å². The van der Waals surface area contributed by atoms with E-state index in [-0.39, 0.29) is 0 Å². The zero-order chi connectivity index (χ0) is 14.9. The topological polar surface area (TPSA) is 63.2 Å². The molecule has 1 saturated heterocycles. The maximum atomic E-state index is 5.46. The van der Waals surface area contributed by atoms with Crippen molar-refractivity contribution in [2.24, 2.45) is 5.92 Å². The van der Waals surface area contributed by atoms with Gasteiger partial charge in [0, 0.05) is 32.0 Å². The lowest BCUT2D eigenvalue weighted by molar-refractivity contribution is 0.112. The zero-order valence-electron chi connectivity index (χ0n) is 12.6. The van der Waals surface area contributed by atoms with Crippen molar-refractivity contribution in [2.75, 3.05) is 36.5 Å². The molecule has 4 heterocycles. The summed E-state index contributed by atoms with van der Waals surface area (Å²) < 4.78 is 5.46. The second kappa shape index (κ2) is 5.81. The number of anilines is 2. The van der Waals surface area contributed by atoms with E-state index in [1.54, 1.807) is 11.3 Å². The highest BCUT2D eigenvalue weighted by atomic mass is 32.1. The normalized spacial score (nSPS) is 18.0. The van der Waals surface area contributed by atoms with Crippen LogP contribution in [0.2, 0.25) is 0 Å². The number of nitrogens with zero attached hydrogens (tertiary/aromatic N) is 4. The fourth-order valence-corrected chi connectivity index (χ4v) is 3.73. The molecule has 2 aliphatic rings. The second-order valence-electron chi connectivity index (χ2n) is 5.88. The SMILES string of the molecule is Cc1ccc(N2CC(CNc3nc4c(s3)COCC4)C2)nn1. The van der Waals surface area contributed by atoms with Gasteiger partial charge in [-0.1, -0.05) is 11.3 Å². The molecule has 0 saturated carbocycles. The lowest BCUT2D eigenvalue weighted by Gasteiger charge is -2.39. The lowest BCUT2D eigenvalue weighted by atomic mass is 10.0. The van der Waals surface area contributed by atoms with Crippen LogP contribution in [0.3, 0.4) is 0 Å². The molecule has 116 valence electrons. The van der Waals surface area contributed by atoms with Crippen LogP contribution < -0.4 is 10.2 Å². The van der Waals surface area contributed by atoms with E-state index in [1.165, 1.54) is 10.6 Å². The molecule has 4 rings (SSSR count). The number of nitrogens with one attached hydrogen (secondary N) is 1. The quantitative estimate of drug-likeness (QED) is 0.929. The van der Waals surface area contributed by atoms with Crippen LogP contribution in [0.25, 0.3) is 0 Å². The molecule has 6 nitrogen and oxygen atoms in total. The van der Waals surface area contributed by atoms with Gasteiger partial charge in [0.2, 0.25) is 0 Å². The molecular weight excluding hydrogens is 298 g/mol. The predicted octanol–water partition coefficient (Wildman–Crippen LogP) is 1.86. The Labute approximate surface area is 133 Å². The van der Waals surface area contributed by atoms with Crippen LogP contribution in [0, 0.1) is 12.8 Å². The fraction of sp³-hybridized carbons (Fsp3) is 0.533.